The van der Waals surface area contributed by atoms with E-state index in [1.807, 2.05) is 38.1 Å². The van der Waals surface area contributed by atoms with E-state index in [2.05, 4.69) is 21.6 Å². The Balaban J connectivity index is 2.30. The Morgan fingerprint density at radius 1 is 1.22 bits per heavy atom. The molecule has 0 aliphatic rings. The SMILES string of the molecule is CCc1nnc(Nc2ccc(CC(N)=O)cc2)c(C#N)c1CC. The number of aromatic nitrogens is 2. The van der Waals surface area contributed by atoms with Gasteiger partial charge in [-0.3, -0.25) is 4.79 Å². The number of nitriles is 1. The molecule has 0 fully saturated rings. The van der Waals surface area contributed by atoms with E-state index in [0.717, 1.165) is 35.3 Å². The second-order valence-electron chi connectivity index (χ2n) is 5.13. The Kier molecular flexibility index (Phi) is 5.26. The van der Waals surface area contributed by atoms with Crippen molar-refractivity contribution in [2.45, 2.75) is 33.1 Å². The third-order valence-corrected chi connectivity index (χ3v) is 3.55. The van der Waals surface area contributed by atoms with E-state index in [1.54, 1.807) is 0 Å². The molecular weight excluding hydrogens is 290 g/mol. The number of anilines is 2. The molecule has 2 rings (SSSR count). The molecule has 0 unspecified atom stereocenters. The maximum atomic E-state index is 10.9. The molecule has 1 aromatic carbocycles. The van der Waals surface area contributed by atoms with E-state index in [0.29, 0.717) is 11.4 Å². The first-order valence-electron chi connectivity index (χ1n) is 7.51. The monoisotopic (exact) mass is 309 g/mol. The lowest BCUT2D eigenvalue weighted by Crippen LogP contribution is -2.13. The van der Waals surface area contributed by atoms with Crippen LogP contribution in [0.3, 0.4) is 0 Å². The van der Waals surface area contributed by atoms with Gasteiger partial charge < -0.3 is 11.1 Å². The molecule has 0 saturated heterocycles. The van der Waals surface area contributed by atoms with Gasteiger partial charge in [-0.15, -0.1) is 5.10 Å². The van der Waals surface area contributed by atoms with Crippen molar-refractivity contribution in [1.29, 1.82) is 5.26 Å². The maximum Gasteiger partial charge on any atom is 0.221 e. The smallest absolute Gasteiger partial charge is 0.221 e. The predicted octanol–water partition coefficient (Wildman–Crippen LogP) is 2.24. The number of rotatable bonds is 6. The Hall–Kier alpha value is -2.94. The topological polar surface area (TPSA) is 105 Å². The molecule has 1 aromatic heterocycles. The van der Waals surface area contributed by atoms with Gasteiger partial charge in [-0.2, -0.15) is 10.4 Å². The van der Waals surface area contributed by atoms with Crippen LogP contribution < -0.4 is 11.1 Å². The molecule has 0 atom stereocenters. The van der Waals surface area contributed by atoms with Crippen molar-refractivity contribution in [1.82, 2.24) is 10.2 Å². The number of nitrogens with two attached hydrogens (primary N) is 1. The van der Waals surface area contributed by atoms with Gasteiger partial charge in [0.1, 0.15) is 11.6 Å². The van der Waals surface area contributed by atoms with Crippen LogP contribution in [-0.2, 0) is 24.1 Å². The van der Waals surface area contributed by atoms with E-state index in [-0.39, 0.29) is 12.3 Å². The van der Waals surface area contributed by atoms with Gasteiger partial charge in [-0.25, -0.2) is 0 Å². The summed E-state index contributed by atoms with van der Waals surface area (Å²) in [4.78, 5) is 10.9. The first-order valence-corrected chi connectivity index (χ1v) is 7.51. The van der Waals surface area contributed by atoms with Gasteiger partial charge in [0.15, 0.2) is 5.82 Å². The lowest BCUT2D eigenvalue weighted by atomic mass is 10.0. The van der Waals surface area contributed by atoms with Crippen molar-refractivity contribution >= 4 is 17.4 Å². The van der Waals surface area contributed by atoms with E-state index in [9.17, 15) is 10.1 Å². The molecule has 3 N–H and O–H groups in total. The fraction of sp³-hybridized carbons (Fsp3) is 0.294. The average molecular weight is 309 g/mol. The molecule has 0 aliphatic carbocycles. The Morgan fingerprint density at radius 2 is 1.91 bits per heavy atom. The van der Waals surface area contributed by atoms with E-state index < -0.39 is 0 Å². The highest BCUT2D eigenvalue weighted by Crippen LogP contribution is 2.23. The number of carbonyl (C=O) groups is 1. The number of hydrogen-bond donors (Lipinski definition) is 2. The number of hydrogen-bond acceptors (Lipinski definition) is 5. The highest BCUT2D eigenvalue weighted by molar-refractivity contribution is 5.76. The minimum absolute atomic E-state index is 0.203. The Labute approximate surface area is 135 Å². The minimum Gasteiger partial charge on any atom is -0.369 e. The van der Waals surface area contributed by atoms with Crippen LogP contribution in [-0.4, -0.2) is 16.1 Å². The van der Waals surface area contributed by atoms with Crippen LogP contribution in [0.1, 0.15) is 36.2 Å². The van der Waals surface area contributed by atoms with Crippen molar-refractivity contribution in [3.05, 3.63) is 46.6 Å². The van der Waals surface area contributed by atoms with Crippen LogP contribution in [0.2, 0.25) is 0 Å². The van der Waals surface area contributed by atoms with Crippen LogP contribution in [0, 0.1) is 11.3 Å². The van der Waals surface area contributed by atoms with Crippen molar-refractivity contribution in [3.63, 3.8) is 0 Å². The van der Waals surface area contributed by atoms with Gasteiger partial charge in [0.2, 0.25) is 5.91 Å². The van der Waals surface area contributed by atoms with E-state index >= 15 is 0 Å². The molecule has 2 aromatic rings. The Morgan fingerprint density at radius 3 is 2.43 bits per heavy atom. The van der Waals surface area contributed by atoms with E-state index in [1.165, 1.54) is 0 Å². The molecule has 0 saturated carbocycles. The lowest BCUT2D eigenvalue weighted by Gasteiger charge is -2.12. The molecule has 0 spiro atoms. The third kappa shape index (κ3) is 3.83. The molecule has 6 heteroatoms. The van der Waals surface area contributed by atoms with Gasteiger partial charge in [0, 0.05) is 5.69 Å². The van der Waals surface area contributed by atoms with Crippen LogP contribution in [0.25, 0.3) is 0 Å². The summed E-state index contributed by atoms with van der Waals surface area (Å²) in [5, 5.41) is 20.9. The molecule has 6 nitrogen and oxygen atoms in total. The number of primary amides is 1. The molecule has 0 bridgehead atoms. The minimum atomic E-state index is -0.369. The first-order chi connectivity index (χ1) is 11.1. The summed E-state index contributed by atoms with van der Waals surface area (Å²) in [5.41, 5.74) is 9.10. The molecule has 1 heterocycles. The van der Waals surface area contributed by atoms with Crippen LogP contribution >= 0.6 is 0 Å². The largest absolute Gasteiger partial charge is 0.369 e. The third-order valence-electron chi connectivity index (χ3n) is 3.55. The number of nitrogens with one attached hydrogen (secondary N) is 1. The summed E-state index contributed by atoms with van der Waals surface area (Å²) >= 11 is 0. The number of carbonyl (C=O) groups excluding carboxylic acids is 1. The standard InChI is InChI=1S/C17H19N5O/c1-3-13-14(10-18)17(22-21-15(13)4-2)20-12-7-5-11(6-8-12)9-16(19)23/h5-8H,3-4,9H2,1-2H3,(H2,19,23)(H,20,22). The van der Waals surface area contributed by atoms with Crippen molar-refractivity contribution in [3.8, 4) is 6.07 Å². The summed E-state index contributed by atoms with van der Waals surface area (Å²) in [7, 11) is 0. The zero-order chi connectivity index (χ0) is 16.8. The summed E-state index contributed by atoms with van der Waals surface area (Å²) in [6, 6.07) is 9.49. The highest BCUT2D eigenvalue weighted by atomic mass is 16.1. The maximum absolute atomic E-state index is 10.9. The van der Waals surface area contributed by atoms with Crippen LogP contribution in [0.4, 0.5) is 11.5 Å². The Bertz CT molecular complexity index is 747. The molecule has 0 aliphatic heterocycles. The quantitative estimate of drug-likeness (QED) is 0.851. The lowest BCUT2D eigenvalue weighted by molar-refractivity contribution is -0.117. The fourth-order valence-corrected chi connectivity index (χ4v) is 2.42. The predicted molar refractivity (Wildman–Crippen MR) is 88.1 cm³/mol. The molecule has 23 heavy (non-hydrogen) atoms. The van der Waals surface area contributed by atoms with Crippen LogP contribution in [0.15, 0.2) is 24.3 Å². The molecule has 0 radical (unpaired) electrons. The first kappa shape index (κ1) is 16.4. The van der Waals surface area contributed by atoms with Crippen molar-refractivity contribution < 1.29 is 4.79 Å². The zero-order valence-corrected chi connectivity index (χ0v) is 13.3. The normalized spacial score (nSPS) is 10.1. The number of benzene rings is 1. The van der Waals surface area contributed by atoms with E-state index in [4.69, 9.17) is 5.73 Å². The number of aryl methyl sites for hydroxylation is 1. The zero-order valence-electron chi connectivity index (χ0n) is 13.3. The van der Waals surface area contributed by atoms with Gasteiger partial charge in [-0.05, 0) is 36.1 Å². The molecule has 118 valence electrons. The summed E-state index contributed by atoms with van der Waals surface area (Å²) in [6.07, 6.45) is 1.68. The number of amides is 1. The highest BCUT2D eigenvalue weighted by Gasteiger charge is 2.14. The van der Waals surface area contributed by atoms with Gasteiger partial charge in [-0.1, -0.05) is 26.0 Å². The van der Waals surface area contributed by atoms with Crippen molar-refractivity contribution in [2.75, 3.05) is 5.32 Å². The van der Waals surface area contributed by atoms with Gasteiger partial charge >= 0.3 is 0 Å². The molecular formula is C17H19N5O. The molecule has 1 amide bonds. The average Bonchev–Trinajstić information content (AvgIpc) is 2.55. The number of nitrogens with zero attached hydrogens (tertiary/aromatic N) is 3. The van der Waals surface area contributed by atoms with Gasteiger partial charge in [0.05, 0.1) is 12.1 Å². The summed E-state index contributed by atoms with van der Waals surface area (Å²) in [5.74, 6) is 0.0790. The van der Waals surface area contributed by atoms with Crippen molar-refractivity contribution in [2.24, 2.45) is 5.73 Å². The van der Waals surface area contributed by atoms with Crippen LogP contribution in [0.5, 0.6) is 0 Å². The second-order valence-corrected chi connectivity index (χ2v) is 5.13. The fourth-order valence-electron chi connectivity index (χ4n) is 2.42. The second kappa shape index (κ2) is 7.36. The summed E-state index contributed by atoms with van der Waals surface area (Å²) in [6.45, 7) is 3.99. The van der Waals surface area contributed by atoms with Gasteiger partial charge in [0.25, 0.3) is 0 Å². The summed E-state index contributed by atoms with van der Waals surface area (Å²) < 4.78 is 0.